The van der Waals surface area contributed by atoms with E-state index in [1.807, 2.05) is 0 Å². The van der Waals surface area contributed by atoms with Crippen molar-refractivity contribution in [2.24, 2.45) is 0 Å². The maximum Gasteiger partial charge on any atom is 0.161 e. The Morgan fingerprint density at radius 2 is 1.70 bits per heavy atom. The molecule has 2 nitrogen and oxygen atoms in total. The second-order valence-electron chi connectivity index (χ2n) is 4.14. The van der Waals surface area contributed by atoms with Crippen LogP contribution in [0.2, 0.25) is 5.02 Å². The van der Waals surface area contributed by atoms with Crippen molar-refractivity contribution < 1.29 is 13.9 Å². The third kappa shape index (κ3) is 3.00. The van der Waals surface area contributed by atoms with Gasteiger partial charge in [-0.1, -0.05) is 17.7 Å². The molecule has 106 valence electrons. The first-order chi connectivity index (χ1) is 9.56. The lowest BCUT2D eigenvalue weighted by atomic mass is 10.0. The number of ether oxygens (including phenoxy) is 2. The molecule has 1 atom stereocenters. The minimum absolute atomic E-state index is 0.325. The molecule has 0 aliphatic carbocycles. The lowest BCUT2D eigenvalue weighted by molar-refractivity contribution is 0.354. The second-order valence-corrected chi connectivity index (χ2v) is 5.02. The SMILES string of the molecule is COc1ccc(C(Cl)c2cc(Cl)ccc2F)cc1OC. The zero-order valence-corrected chi connectivity index (χ0v) is 12.5. The van der Waals surface area contributed by atoms with Gasteiger partial charge in [0.05, 0.1) is 19.6 Å². The van der Waals surface area contributed by atoms with Crippen molar-refractivity contribution in [2.75, 3.05) is 14.2 Å². The molecule has 0 spiro atoms. The van der Waals surface area contributed by atoms with E-state index in [0.29, 0.717) is 27.6 Å². The van der Waals surface area contributed by atoms with Crippen LogP contribution in [0.3, 0.4) is 0 Å². The summed E-state index contributed by atoms with van der Waals surface area (Å²) in [5, 5.41) is -0.221. The Balaban J connectivity index is 2.42. The van der Waals surface area contributed by atoms with E-state index in [9.17, 15) is 4.39 Å². The standard InChI is InChI=1S/C15H13Cl2FO2/c1-19-13-6-3-9(7-14(13)20-2)15(17)11-8-10(16)4-5-12(11)18/h3-8,15H,1-2H3. The molecule has 1 unspecified atom stereocenters. The zero-order valence-electron chi connectivity index (χ0n) is 11.0. The van der Waals surface area contributed by atoms with Crippen LogP contribution in [-0.2, 0) is 0 Å². The summed E-state index contributed by atoms with van der Waals surface area (Å²) in [6.45, 7) is 0. The second kappa shape index (κ2) is 6.33. The van der Waals surface area contributed by atoms with Gasteiger partial charge in [-0.3, -0.25) is 0 Å². The van der Waals surface area contributed by atoms with E-state index >= 15 is 0 Å². The highest BCUT2D eigenvalue weighted by atomic mass is 35.5. The summed E-state index contributed by atoms with van der Waals surface area (Å²) in [6, 6.07) is 9.51. The molecule has 0 saturated carbocycles. The predicted octanol–water partition coefficient (Wildman–Crippen LogP) is 4.82. The summed E-state index contributed by atoms with van der Waals surface area (Å²) in [4.78, 5) is 0. The van der Waals surface area contributed by atoms with E-state index in [0.717, 1.165) is 0 Å². The van der Waals surface area contributed by atoms with Crippen molar-refractivity contribution in [3.63, 3.8) is 0 Å². The van der Waals surface area contributed by atoms with Crippen molar-refractivity contribution in [3.8, 4) is 11.5 Å². The molecule has 0 heterocycles. The van der Waals surface area contributed by atoms with Gasteiger partial charge in [0.1, 0.15) is 5.82 Å². The summed E-state index contributed by atoms with van der Waals surface area (Å²) in [6.07, 6.45) is 0. The number of benzene rings is 2. The van der Waals surface area contributed by atoms with E-state index in [1.165, 1.54) is 25.3 Å². The molecule has 0 N–H and O–H groups in total. The average Bonchev–Trinajstić information content (AvgIpc) is 2.48. The van der Waals surface area contributed by atoms with Crippen molar-refractivity contribution in [2.45, 2.75) is 5.38 Å². The Labute approximate surface area is 127 Å². The van der Waals surface area contributed by atoms with Crippen LogP contribution >= 0.6 is 23.2 Å². The fraction of sp³-hybridized carbons (Fsp3) is 0.200. The molecule has 0 bridgehead atoms. The fourth-order valence-corrected chi connectivity index (χ4v) is 2.38. The minimum Gasteiger partial charge on any atom is -0.493 e. The Bertz CT molecular complexity index is 617. The summed E-state index contributed by atoms with van der Waals surface area (Å²) in [5.74, 6) is 0.731. The molecular weight excluding hydrogens is 302 g/mol. The Kier molecular flexibility index (Phi) is 4.73. The quantitative estimate of drug-likeness (QED) is 0.753. The molecule has 0 aliphatic rings. The normalized spacial score (nSPS) is 12.1. The molecule has 2 aromatic carbocycles. The molecule has 0 aromatic heterocycles. The van der Waals surface area contributed by atoms with Crippen LogP contribution in [0.5, 0.6) is 11.5 Å². The minimum atomic E-state index is -0.659. The average molecular weight is 315 g/mol. The van der Waals surface area contributed by atoms with Gasteiger partial charge in [-0.25, -0.2) is 4.39 Å². The summed E-state index contributed by atoms with van der Waals surface area (Å²) >= 11 is 12.2. The molecule has 0 radical (unpaired) electrons. The lowest BCUT2D eigenvalue weighted by Gasteiger charge is -2.14. The number of halogens is 3. The number of rotatable bonds is 4. The monoisotopic (exact) mass is 314 g/mol. The third-order valence-corrected chi connectivity index (χ3v) is 3.65. The number of hydrogen-bond acceptors (Lipinski definition) is 2. The maximum absolute atomic E-state index is 13.8. The summed E-state index contributed by atoms with van der Waals surface area (Å²) < 4.78 is 24.2. The zero-order chi connectivity index (χ0) is 14.7. The first kappa shape index (κ1) is 14.9. The molecule has 2 aromatic rings. The van der Waals surface area contributed by atoms with Crippen LogP contribution in [0.25, 0.3) is 0 Å². The van der Waals surface area contributed by atoms with E-state index in [4.69, 9.17) is 32.7 Å². The smallest absolute Gasteiger partial charge is 0.161 e. The van der Waals surface area contributed by atoms with E-state index < -0.39 is 11.2 Å². The van der Waals surface area contributed by atoms with Crippen LogP contribution in [0, 0.1) is 5.82 Å². The van der Waals surface area contributed by atoms with Crippen LogP contribution in [0.4, 0.5) is 4.39 Å². The Hall–Kier alpha value is -1.45. The van der Waals surface area contributed by atoms with Gasteiger partial charge in [0.2, 0.25) is 0 Å². The van der Waals surface area contributed by atoms with Gasteiger partial charge in [0, 0.05) is 10.6 Å². The first-order valence-corrected chi connectivity index (χ1v) is 6.69. The van der Waals surface area contributed by atoms with E-state index in [2.05, 4.69) is 0 Å². The largest absolute Gasteiger partial charge is 0.493 e. The first-order valence-electron chi connectivity index (χ1n) is 5.87. The highest BCUT2D eigenvalue weighted by Crippen LogP contribution is 2.36. The van der Waals surface area contributed by atoms with Crippen LogP contribution in [-0.4, -0.2) is 14.2 Å². The number of hydrogen-bond donors (Lipinski definition) is 0. The van der Waals surface area contributed by atoms with Crippen LogP contribution in [0.1, 0.15) is 16.5 Å². The number of methoxy groups -OCH3 is 2. The van der Waals surface area contributed by atoms with Gasteiger partial charge < -0.3 is 9.47 Å². The third-order valence-electron chi connectivity index (χ3n) is 2.93. The van der Waals surface area contributed by atoms with Crippen molar-refractivity contribution >= 4 is 23.2 Å². The van der Waals surface area contributed by atoms with Gasteiger partial charge in [0.25, 0.3) is 0 Å². The van der Waals surface area contributed by atoms with Crippen molar-refractivity contribution in [1.29, 1.82) is 0 Å². The van der Waals surface area contributed by atoms with Crippen molar-refractivity contribution in [3.05, 3.63) is 58.4 Å². The van der Waals surface area contributed by atoms with E-state index in [-0.39, 0.29) is 0 Å². The summed E-state index contributed by atoms with van der Waals surface area (Å²) in [5.41, 5.74) is 1.02. The highest BCUT2D eigenvalue weighted by molar-refractivity contribution is 6.30. The predicted molar refractivity (Wildman–Crippen MR) is 78.7 cm³/mol. The molecule has 0 saturated heterocycles. The summed E-state index contributed by atoms with van der Waals surface area (Å²) in [7, 11) is 3.08. The Morgan fingerprint density at radius 1 is 1.00 bits per heavy atom. The van der Waals surface area contributed by atoms with E-state index in [1.54, 1.807) is 25.3 Å². The van der Waals surface area contributed by atoms with Gasteiger partial charge >= 0.3 is 0 Å². The van der Waals surface area contributed by atoms with Gasteiger partial charge in [-0.15, -0.1) is 11.6 Å². The van der Waals surface area contributed by atoms with Gasteiger partial charge in [0.15, 0.2) is 11.5 Å². The fourth-order valence-electron chi connectivity index (χ4n) is 1.90. The van der Waals surface area contributed by atoms with Crippen LogP contribution < -0.4 is 9.47 Å². The molecule has 2 rings (SSSR count). The topological polar surface area (TPSA) is 18.5 Å². The van der Waals surface area contributed by atoms with Gasteiger partial charge in [-0.2, -0.15) is 0 Å². The molecule has 0 amide bonds. The van der Waals surface area contributed by atoms with Crippen molar-refractivity contribution in [1.82, 2.24) is 0 Å². The highest BCUT2D eigenvalue weighted by Gasteiger charge is 2.17. The Morgan fingerprint density at radius 3 is 2.35 bits per heavy atom. The molecule has 0 fully saturated rings. The molecular formula is C15H13Cl2FO2. The molecule has 20 heavy (non-hydrogen) atoms. The maximum atomic E-state index is 13.8. The van der Waals surface area contributed by atoms with Gasteiger partial charge in [-0.05, 0) is 35.9 Å². The number of alkyl halides is 1. The lowest BCUT2D eigenvalue weighted by Crippen LogP contribution is -1.99. The molecule has 0 aliphatic heterocycles. The van der Waals surface area contributed by atoms with Crippen LogP contribution in [0.15, 0.2) is 36.4 Å². The molecule has 5 heteroatoms.